The third kappa shape index (κ3) is 4.74. The molecule has 126 valence electrons. The van der Waals surface area contributed by atoms with E-state index in [-0.39, 0.29) is 10.9 Å². The molecule has 0 saturated heterocycles. The van der Waals surface area contributed by atoms with Crippen molar-refractivity contribution in [2.45, 2.75) is 6.92 Å². The van der Waals surface area contributed by atoms with E-state index < -0.39 is 0 Å². The second kappa shape index (κ2) is 8.19. The summed E-state index contributed by atoms with van der Waals surface area (Å²) in [6.07, 6.45) is 0. The predicted octanol–water partition coefficient (Wildman–Crippen LogP) is 4.42. The molecule has 0 atom stereocenters. The second-order valence-electron chi connectivity index (χ2n) is 4.78. The highest BCUT2D eigenvalue weighted by Gasteiger charge is 2.07. The third-order valence-electron chi connectivity index (χ3n) is 3.10. The minimum Gasteiger partial charge on any atom is -0.507 e. The Kier molecular flexibility index (Phi) is 6.25. The number of phenolic OH excluding ortho intramolecular Hbond substituents is 1. The van der Waals surface area contributed by atoms with Gasteiger partial charge in [-0.1, -0.05) is 23.2 Å². The number of aromatic hydroxyl groups is 1. The van der Waals surface area contributed by atoms with Gasteiger partial charge in [0.25, 0.3) is 0 Å². The zero-order chi connectivity index (χ0) is 17.7. The van der Waals surface area contributed by atoms with Crippen LogP contribution in [0.3, 0.4) is 0 Å². The van der Waals surface area contributed by atoms with Crippen LogP contribution in [0.2, 0.25) is 10.0 Å². The van der Waals surface area contributed by atoms with Gasteiger partial charge in [0.2, 0.25) is 0 Å². The van der Waals surface area contributed by atoms with Crippen LogP contribution >= 0.6 is 35.4 Å². The molecule has 0 amide bonds. The Morgan fingerprint density at radius 1 is 1.17 bits per heavy atom. The molecule has 0 heterocycles. The van der Waals surface area contributed by atoms with E-state index >= 15 is 0 Å². The number of benzene rings is 2. The molecule has 0 spiro atoms. The first-order valence-electron chi connectivity index (χ1n) is 6.84. The molecule has 0 radical (unpaired) electrons. The van der Waals surface area contributed by atoms with Gasteiger partial charge in [-0.2, -0.15) is 5.10 Å². The molecular weight excluding hydrogens is 369 g/mol. The molecule has 0 aromatic heterocycles. The van der Waals surface area contributed by atoms with E-state index in [2.05, 4.69) is 15.8 Å². The number of hydrazone groups is 1. The van der Waals surface area contributed by atoms with Crippen LogP contribution in [-0.4, -0.2) is 23.0 Å². The molecule has 3 N–H and O–H groups in total. The van der Waals surface area contributed by atoms with Gasteiger partial charge in [-0.3, -0.25) is 5.43 Å². The van der Waals surface area contributed by atoms with Crippen molar-refractivity contribution in [2.75, 3.05) is 12.4 Å². The Bertz CT molecular complexity index is 797. The number of halogens is 2. The molecule has 2 aromatic rings. The summed E-state index contributed by atoms with van der Waals surface area (Å²) < 4.78 is 5.05. The van der Waals surface area contributed by atoms with Crippen LogP contribution in [0, 0.1) is 0 Å². The maximum atomic E-state index is 9.99. The Morgan fingerprint density at radius 3 is 2.54 bits per heavy atom. The first kappa shape index (κ1) is 18.3. The first-order valence-corrected chi connectivity index (χ1v) is 8.01. The molecule has 2 aromatic carbocycles. The molecular formula is C16H15Cl2N3O2S. The van der Waals surface area contributed by atoms with Crippen LogP contribution in [0.4, 0.5) is 5.69 Å². The number of phenols is 1. The number of nitrogens with one attached hydrogen (secondary N) is 2. The van der Waals surface area contributed by atoms with Crippen molar-refractivity contribution in [3.63, 3.8) is 0 Å². The van der Waals surface area contributed by atoms with Gasteiger partial charge in [0.05, 0.1) is 22.9 Å². The SMILES string of the molecule is COc1ccc(/C(C)=N/NC(=S)Nc2ccc(Cl)c(Cl)c2)c(O)c1. The summed E-state index contributed by atoms with van der Waals surface area (Å²) in [7, 11) is 1.53. The zero-order valence-electron chi connectivity index (χ0n) is 12.9. The smallest absolute Gasteiger partial charge is 0.191 e. The molecule has 0 fully saturated rings. The quantitative estimate of drug-likeness (QED) is 0.414. The van der Waals surface area contributed by atoms with Crippen LogP contribution in [0.1, 0.15) is 12.5 Å². The van der Waals surface area contributed by atoms with Crippen molar-refractivity contribution in [1.29, 1.82) is 0 Å². The number of hydrogen-bond donors (Lipinski definition) is 3. The maximum absolute atomic E-state index is 9.99. The number of thiocarbonyl (C=S) groups is 1. The van der Waals surface area contributed by atoms with Crippen molar-refractivity contribution >= 4 is 51.9 Å². The van der Waals surface area contributed by atoms with Crippen molar-refractivity contribution in [2.24, 2.45) is 5.10 Å². The minimum absolute atomic E-state index is 0.0701. The van der Waals surface area contributed by atoms with Gasteiger partial charge in [0.15, 0.2) is 5.11 Å². The highest BCUT2D eigenvalue weighted by molar-refractivity contribution is 7.80. The average Bonchev–Trinajstić information content (AvgIpc) is 2.56. The van der Waals surface area contributed by atoms with Crippen LogP contribution in [0.25, 0.3) is 0 Å². The highest BCUT2D eigenvalue weighted by Crippen LogP contribution is 2.25. The fourth-order valence-electron chi connectivity index (χ4n) is 1.87. The second-order valence-corrected chi connectivity index (χ2v) is 6.00. The van der Waals surface area contributed by atoms with Crippen LogP contribution < -0.4 is 15.5 Å². The Balaban J connectivity index is 2.03. The molecule has 5 nitrogen and oxygen atoms in total. The lowest BCUT2D eigenvalue weighted by molar-refractivity contribution is 0.407. The summed E-state index contributed by atoms with van der Waals surface area (Å²) >= 11 is 17.0. The Hall–Kier alpha value is -2.02. The number of ether oxygens (including phenoxy) is 1. The molecule has 24 heavy (non-hydrogen) atoms. The largest absolute Gasteiger partial charge is 0.507 e. The van der Waals surface area contributed by atoms with E-state index in [0.29, 0.717) is 32.8 Å². The molecule has 8 heteroatoms. The first-order chi connectivity index (χ1) is 11.4. The van der Waals surface area contributed by atoms with Gasteiger partial charge >= 0.3 is 0 Å². The van der Waals surface area contributed by atoms with E-state index in [4.69, 9.17) is 40.2 Å². The van der Waals surface area contributed by atoms with Crippen molar-refractivity contribution < 1.29 is 9.84 Å². The number of rotatable bonds is 4. The van der Waals surface area contributed by atoms with E-state index in [1.165, 1.54) is 13.2 Å². The van der Waals surface area contributed by atoms with Crippen LogP contribution in [0.5, 0.6) is 11.5 Å². The molecule has 0 unspecified atom stereocenters. The standard InChI is InChI=1S/C16H15Cl2N3O2S/c1-9(12-5-4-11(23-2)8-15(12)22)20-21-16(24)19-10-3-6-13(17)14(18)7-10/h3-8,22H,1-2H3,(H2,19,21,24)/b20-9+. The van der Waals surface area contributed by atoms with E-state index in [0.717, 1.165) is 0 Å². The zero-order valence-corrected chi connectivity index (χ0v) is 15.3. The summed E-state index contributed by atoms with van der Waals surface area (Å²) in [5, 5.41) is 18.2. The molecule has 0 aliphatic heterocycles. The van der Waals surface area contributed by atoms with E-state index in [9.17, 15) is 5.11 Å². The van der Waals surface area contributed by atoms with Gasteiger partial charge in [-0.05, 0) is 49.5 Å². The van der Waals surface area contributed by atoms with E-state index in [1.54, 1.807) is 37.3 Å². The van der Waals surface area contributed by atoms with Gasteiger partial charge in [0, 0.05) is 17.3 Å². The van der Waals surface area contributed by atoms with Crippen LogP contribution in [-0.2, 0) is 0 Å². The third-order valence-corrected chi connectivity index (χ3v) is 4.03. The van der Waals surface area contributed by atoms with Gasteiger partial charge in [-0.25, -0.2) is 0 Å². The summed E-state index contributed by atoms with van der Waals surface area (Å²) in [5.74, 6) is 0.634. The molecule has 2 rings (SSSR count). The molecule has 0 saturated carbocycles. The van der Waals surface area contributed by atoms with Crippen LogP contribution in [0.15, 0.2) is 41.5 Å². The van der Waals surface area contributed by atoms with Gasteiger partial charge in [0.1, 0.15) is 11.5 Å². The number of nitrogens with zero attached hydrogens (tertiary/aromatic N) is 1. The Labute approximate surface area is 155 Å². The van der Waals surface area contributed by atoms with E-state index in [1.807, 2.05) is 0 Å². The number of methoxy groups -OCH3 is 1. The fraction of sp³-hybridized carbons (Fsp3) is 0.125. The summed E-state index contributed by atoms with van der Waals surface area (Å²) in [4.78, 5) is 0. The normalized spacial score (nSPS) is 11.1. The van der Waals surface area contributed by atoms with Crippen molar-refractivity contribution in [1.82, 2.24) is 5.43 Å². The maximum Gasteiger partial charge on any atom is 0.191 e. The lowest BCUT2D eigenvalue weighted by Gasteiger charge is -2.10. The highest BCUT2D eigenvalue weighted by atomic mass is 35.5. The topological polar surface area (TPSA) is 65.9 Å². The summed E-state index contributed by atoms with van der Waals surface area (Å²) in [6.45, 7) is 1.75. The van der Waals surface area contributed by atoms with Crippen molar-refractivity contribution in [3.05, 3.63) is 52.0 Å². The predicted molar refractivity (Wildman–Crippen MR) is 103 cm³/mol. The van der Waals surface area contributed by atoms with Gasteiger partial charge in [-0.15, -0.1) is 0 Å². The monoisotopic (exact) mass is 383 g/mol. The Morgan fingerprint density at radius 2 is 1.92 bits per heavy atom. The molecule has 0 aliphatic carbocycles. The molecule has 0 aliphatic rings. The summed E-state index contributed by atoms with van der Waals surface area (Å²) in [5.41, 5.74) is 4.53. The average molecular weight is 384 g/mol. The number of hydrogen-bond acceptors (Lipinski definition) is 4. The minimum atomic E-state index is 0.0701. The lowest BCUT2D eigenvalue weighted by Crippen LogP contribution is -2.25. The fourth-order valence-corrected chi connectivity index (χ4v) is 2.33. The van der Waals surface area contributed by atoms with Gasteiger partial charge < -0.3 is 15.2 Å². The summed E-state index contributed by atoms with van der Waals surface area (Å²) in [6, 6.07) is 10.0. The lowest BCUT2D eigenvalue weighted by atomic mass is 10.1. The molecule has 0 bridgehead atoms. The number of anilines is 1. The van der Waals surface area contributed by atoms with Crippen molar-refractivity contribution in [3.8, 4) is 11.5 Å².